The van der Waals surface area contributed by atoms with Crippen LogP contribution < -0.4 is 15.8 Å². The normalized spacial score (nSPS) is 14.4. The Balaban J connectivity index is 1.88. The molecular formula is C13H18N4O4. The Morgan fingerprint density at radius 2 is 2.10 bits per heavy atom. The molecule has 8 heteroatoms. The quantitative estimate of drug-likeness (QED) is 0.779. The fraction of sp³-hybridized carbons (Fsp3) is 0.462. The number of carbonyl (C=O) groups is 2. The number of anilines is 1. The number of hydrogen-bond acceptors (Lipinski definition) is 6. The Morgan fingerprint density at radius 1 is 1.33 bits per heavy atom. The molecule has 0 atom stereocenters. The Kier molecular flexibility index (Phi) is 5.33. The Morgan fingerprint density at radius 3 is 2.71 bits per heavy atom. The van der Waals surface area contributed by atoms with Crippen molar-refractivity contribution < 1.29 is 19.1 Å². The van der Waals surface area contributed by atoms with Crippen molar-refractivity contribution in [1.29, 1.82) is 0 Å². The molecule has 1 aromatic rings. The summed E-state index contributed by atoms with van der Waals surface area (Å²) in [5.74, 6) is 0.345. The van der Waals surface area contributed by atoms with Crippen LogP contribution >= 0.6 is 0 Å². The van der Waals surface area contributed by atoms with E-state index >= 15 is 0 Å². The second kappa shape index (κ2) is 7.44. The average Bonchev–Trinajstić information content (AvgIpc) is 2.54. The zero-order valence-electron chi connectivity index (χ0n) is 11.8. The van der Waals surface area contributed by atoms with Gasteiger partial charge in [0.25, 0.3) is 5.91 Å². The van der Waals surface area contributed by atoms with Gasteiger partial charge in [-0.1, -0.05) is 0 Å². The fourth-order valence-electron chi connectivity index (χ4n) is 1.85. The zero-order valence-corrected chi connectivity index (χ0v) is 11.8. The highest BCUT2D eigenvalue weighted by Crippen LogP contribution is 2.12. The van der Waals surface area contributed by atoms with Crippen molar-refractivity contribution in [3.05, 3.63) is 23.9 Å². The highest BCUT2D eigenvalue weighted by molar-refractivity contribution is 5.94. The molecule has 2 N–H and O–H groups in total. The van der Waals surface area contributed by atoms with Crippen LogP contribution in [0.2, 0.25) is 0 Å². The first kappa shape index (κ1) is 15.0. The molecule has 0 aliphatic carbocycles. The van der Waals surface area contributed by atoms with Crippen LogP contribution in [-0.2, 0) is 9.47 Å². The Bertz CT molecular complexity index is 485. The molecule has 0 radical (unpaired) electrons. The van der Waals surface area contributed by atoms with Crippen LogP contribution in [0.4, 0.5) is 10.6 Å². The molecule has 114 valence electrons. The third kappa shape index (κ3) is 4.32. The molecule has 8 nitrogen and oxygen atoms in total. The van der Waals surface area contributed by atoms with Crippen LogP contribution in [0.25, 0.3) is 0 Å². The van der Waals surface area contributed by atoms with Gasteiger partial charge in [0.2, 0.25) is 0 Å². The lowest BCUT2D eigenvalue weighted by Gasteiger charge is -2.27. The second-order valence-corrected chi connectivity index (χ2v) is 4.30. The van der Waals surface area contributed by atoms with Crippen molar-refractivity contribution in [3.8, 4) is 0 Å². The topological polar surface area (TPSA) is 92.8 Å². The summed E-state index contributed by atoms with van der Waals surface area (Å²) in [5, 5.41) is 0. The molecule has 0 bridgehead atoms. The summed E-state index contributed by atoms with van der Waals surface area (Å²) in [4.78, 5) is 29.2. The summed E-state index contributed by atoms with van der Waals surface area (Å²) in [6.07, 6.45) is 0.760. The molecule has 0 saturated carbocycles. The summed E-state index contributed by atoms with van der Waals surface area (Å²) in [7, 11) is 0. The number of morpholine rings is 1. The predicted molar refractivity (Wildman–Crippen MR) is 74.9 cm³/mol. The van der Waals surface area contributed by atoms with E-state index in [0.717, 1.165) is 18.9 Å². The van der Waals surface area contributed by atoms with Gasteiger partial charge < -0.3 is 14.4 Å². The van der Waals surface area contributed by atoms with E-state index in [1.54, 1.807) is 19.1 Å². The summed E-state index contributed by atoms with van der Waals surface area (Å²) in [5.41, 5.74) is 4.74. The van der Waals surface area contributed by atoms with Gasteiger partial charge in [-0.25, -0.2) is 15.2 Å². The maximum Gasteiger partial charge on any atom is 0.426 e. The Hall–Kier alpha value is -2.35. The molecule has 1 fully saturated rings. The van der Waals surface area contributed by atoms with Gasteiger partial charge in [-0.3, -0.25) is 10.2 Å². The zero-order chi connectivity index (χ0) is 15.1. The first-order valence-corrected chi connectivity index (χ1v) is 6.72. The minimum absolute atomic E-state index is 0.234. The second-order valence-electron chi connectivity index (χ2n) is 4.30. The van der Waals surface area contributed by atoms with Gasteiger partial charge in [-0.15, -0.1) is 0 Å². The number of aromatic nitrogens is 1. The average molecular weight is 294 g/mol. The van der Waals surface area contributed by atoms with Gasteiger partial charge in [0.05, 0.1) is 25.4 Å². The fourth-order valence-corrected chi connectivity index (χ4v) is 1.85. The van der Waals surface area contributed by atoms with Gasteiger partial charge in [-0.2, -0.15) is 0 Å². The maximum atomic E-state index is 11.8. The molecule has 2 amide bonds. The molecule has 1 aliphatic heterocycles. The van der Waals surface area contributed by atoms with E-state index in [1.807, 2.05) is 0 Å². The minimum atomic E-state index is -0.705. The van der Waals surface area contributed by atoms with Gasteiger partial charge in [0.1, 0.15) is 5.82 Å². The van der Waals surface area contributed by atoms with E-state index in [0.29, 0.717) is 18.8 Å². The minimum Gasteiger partial charge on any atom is -0.449 e. The largest absolute Gasteiger partial charge is 0.449 e. The van der Waals surface area contributed by atoms with E-state index in [2.05, 4.69) is 25.5 Å². The number of carbonyl (C=O) groups excluding carboxylic acids is 2. The van der Waals surface area contributed by atoms with Gasteiger partial charge in [0, 0.05) is 19.3 Å². The van der Waals surface area contributed by atoms with Crippen molar-refractivity contribution in [3.63, 3.8) is 0 Å². The number of nitrogens with one attached hydrogen (secondary N) is 2. The van der Waals surface area contributed by atoms with Crippen LogP contribution in [0, 0.1) is 0 Å². The van der Waals surface area contributed by atoms with Crippen LogP contribution in [0.15, 0.2) is 18.3 Å². The standard InChI is InChI=1S/C13H18N4O4/c1-2-21-13(19)16-15-12(18)10-3-4-11(14-9-10)17-5-7-20-8-6-17/h3-4,9H,2,5-8H2,1H3,(H,15,18)(H,16,19). The van der Waals surface area contributed by atoms with E-state index < -0.39 is 12.0 Å². The molecular weight excluding hydrogens is 276 g/mol. The smallest absolute Gasteiger partial charge is 0.426 e. The Labute approximate surface area is 122 Å². The molecule has 21 heavy (non-hydrogen) atoms. The van der Waals surface area contributed by atoms with E-state index in [9.17, 15) is 9.59 Å². The SMILES string of the molecule is CCOC(=O)NNC(=O)c1ccc(N2CCOCC2)nc1. The molecule has 0 aromatic carbocycles. The molecule has 2 rings (SSSR count). The molecule has 1 aromatic heterocycles. The molecule has 1 saturated heterocycles. The number of pyridine rings is 1. The van der Waals surface area contributed by atoms with Gasteiger partial charge in [0.15, 0.2) is 0 Å². The van der Waals surface area contributed by atoms with Gasteiger partial charge >= 0.3 is 6.09 Å². The molecule has 0 unspecified atom stereocenters. The molecule has 2 heterocycles. The van der Waals surface area contributed by atoms with E-state index in [1.165, 1.54) is 6.20 Å². The van der Waals surface area contributed by atoms with Crippen LogP contribution in [0.1, 0.15) is 17.3 Å². The third-order valence-electron chi connectivity index (χ3n) is 2.90. The van der Waals surface area contributed by atoms with Crippen molar-refractivity contribution in [2.75, 3.05) is 37.8 Å². The van der Waals surface area contributed by atoms with Crippen molar-refractivity contribution in [1.82, 2.24) is 15.8 Å². The van der Waals surface area contributed by atoms with Crippen LogP contribution in [0.5, 0.6) is 0 Å². The van der Waals surface area contributed by atoms with Crippen LogP contribution in [0.3, 0.4) is 0 Å². The van der Waals surface area contributed by atoms with Crippen molar-refractivity contribution in [2.45, 2.75) is 6.92 Å². The first-order chi connectivity index (χ1) is 10.2. The molecule has 1 aliphatic rings. The number of hydrazine groups is 1. The molecule has 0 spiro atoms. The predicted octanol–water partition coefficient (Wildman–Crippen LogP) is 0.309. The van der Waals surface area contributed by atoms with Gasteiger partial charge in [-0.05, 0) is 19.1 Å². The third-order valence-corrected chi connectivity index (χ3v) is 2.90. The van der Waals surface area contributed by atoms with Crippen LogP contribution in [-0.4, -0.2) is 49.9 Å². The lowest BCUT2D eigenvalue weighted by Crippen LogP contribution is -2.42. The summed E-state index contributed by atoms with van der Waals surface area (Å²) < 4.78 is 9.90. The highest BCUT2D eigenvalue weighted by Gasteiger charge is 2.13. The van der Waals surface area contributed by atoms with Crippen molar-refractivity contribution in [2.24, 2.45) is 0 Å². The highest BCUT2D eigenvalue weighted by atomic mass is 16.6. The van der Waals surface area contributed by atoms with E-state index in [4.69, 9.17) is 4.74 Å². The lowest BCUT2D eigenvalue weighted by atomic mass is 10.2. The van der Waals surface area contributed by atoms with Crippen molar-refractivity contribution >= 4 is 17.8 Å². The monoisotopic (exact) mass is 294 g/mol. The number of hydrogen-bond donors (Lipinski definition) is 2. The first-order valence-electron chi connectivity index (χ1n) is 6.72. The number of ether oxygens (including phenoxy) is 2. The lowest BCUT2D eigenvalue weighted by molar-refractivity contribution is 0.0912. The van der Waals surface area contributed by atoms with E-state index in [-0.39, 0.29) is 6.61 Å². The number of nitrogens with zero attached hydrogens (tertiary/aromatic N) is 2. The number of amides is 2. The summed E-state index contributed by atoms with van der Waals surface area (Å²) >= 11 is 0. The number of rotatable bonds is 3. The summed E-state index contributed by atoms with van der Waals surface area (Å²) in [6, 6.07) is 3.42. The summed E-state index contributed by atoms with van der Waals surface area (Å²) in [6.45, 7) is 4.82. The maximum absolute atomic E-state index is 11.8.